The van der Waals surface area contributed by atoms with Crippen molar-refractivity contribution < 1.29 is 32.6 Å². The van der Waals surface area contributed by atoms with Crippen LogP contribution in [0.1, 0.15) is 47.3 Å². The maximum Gasteiger partial charge on any atom is 0.416 e. The lowest BCUT2D eigenvalue weighted by Gasteiger charge is -2.36. The van der Waals surface area contributed by atoms with E-state index in [2.05, 4.69) is 20.4 Å². The van der Waals surface area contributed by atoms with Gasteiger partial charge in [-0.2, -0.15) is 22.7 Å². The molecule has 0 saturated carbocycles. The third kappa shape index (κ3) is 6.39. The summed E-state index contributed by atoms with van der Waals surface area (Å²) in [6.45, 7) is 2.80. The minimum absolute atomic E-state index is 0.0207. The summed E-state index contributed by atoms with van der Waals surface area (Å²) in [7, 11) is 0. The first-order valence-electron chi connectivity index (χ1n) is 15.2. The fraction of sp³-hybridized carbons (Fsp3) is 0.355. The third-order valence-corrected chi connectivity index (χ3v) is 8.37. The Morgan fingerprint density at radius 2 is 1.92 bits per heavy atom. The average Bonchev–Trinajstić information content (AvgIpc) is 3.53. The van der Waals surface area contributed by atoms with Crippen molar-refractivity contribution in [1.29, 1.82) is 0 Å². The number of rotatable bonds is 7. The van der Waals surface area contributed by atoms with Gasteiger partial charge in [0.05, 0.1) is 28.6 Å². The second-order valence-corrected chi connectivity index (χ2v) is 11.5. The molecule has 48 heavy (non-hydrogen) atoms. The molecule has 2 aliphatic rings. The number of carbonyl (C=O) groups excluding carboxylic acids is 2. The van der Waals surface area contributed by atoms with Gasteiger partial charge in [0.15, 0.2) is 11.5 Å². The predicted octanol–water partition coefficient (Wildman–Crippen LogP) is 3.98. The number of halogens is 4. The lowest BCUT2D eigenvalue weighted by molar-refractivity contribution is -0.137. The number of aromatic hydroxyl groups is 1. The molecule has 1 saturated heterocycles. The predicted molar refractivity (Wildman–Crippen MR) is 169 cm³/mol. The Morgan fingerprint density at radius 1 is 1.15 bits per heavy atom. The number of anilines is 2. The molecular weight excluding hydrogens is 657 g/mol. The van der Waals surface area contributed by atoms with Crippen LogP contribution in [0.5, 0.6) is 5.75 Å². The molecule has 0 radical (unpaired) electrons. The van der Waals surface area contributed by atoms with Crippen molar-refractivity contribution in [3.05, 3.63) is 80.8 Å². The Balaban J connectivity index is 1.35. The topological polar surface area (TPSA) is 147 Å². The summed E-state index contributed by atoms with van der Waals surface area (Å²) in [4.78, 5) is 52.5. The zero-order valence-electron chi connectivity index (χ0n) is 25.6. The van der Waals surface area contributed by atoms with Crippen LogP contribution in [0.15, 0.2) is 47.4 Å². The Kier molecular flexibility index (Phi) is 9.01. The van der Waals surface area contributed by atoms with Crippen LogP contribution in [-0.2, 0) is 28.7 Å². The number of amides is 2. The maximum absolute atomic E-state index is 14.1. The molecule has 2 amide bonds. The van der Waals surface area contributed by atoms with Crippen LogP contribution in [0, 0.1) is 0 Å². The van der Waals surface area contributed by atoms with E-state index in [0.717, 1.165) is 35.6 Å². The van der Waals surface area contributed by atoms with Crippen LogP contribution >= 0.6 is 11.6 Å². The largest absolute Gasteiger partial charge is 0.505 e. The average molecular weight is 687 g/mol. The number of ether oxygens (including phenoxy) is 1. The standard InChI is InChI=1S/C31H30ClF3N8O5/c1-2-21-26(40-11-13-41(14-12-40)28(46)25-22(44)6-5-10-36-25)29(47)43-30(38-27(39-43)23-7-3-4-15-48-23)42(21)17-24(45)37-20-9-8-18(16-19(20)32)31(33,34)35/h5-10,16,44H,2-4,11-15,17H2,1H3,(H,37,45). The van der Waals surface area contributed by atoms with Gasteiger partial charge in [0.25, 0.3) is 11.5 Å². The van der Waals surface area contributed by atoms with Crippen LogP contribution in [0.4, 0.5) is 24.5 Å². The Hall–Kier alpha value is -5.12. The van der Waals surface area contributed by atoms with E-state index in [1.807, 2.05) is 17.9 Å². The van der Waals surface area contributed by atoms with Gasteiger partial charge in [-0.15, -0.1) is 5.10 Å². The Bertz CT molecular complexity index is 1990. The molecule has 1 aromatic carbocycles. The lowest BCUT2D eigenvalue weighted by Crippen LogP contribution is -2.51. The second kappa shape index (κ2) is 13.2. The van der Waals surface area contributed by atoms with Crippen LogP contribution in [0.25, 0.3) is 11.5 Å². The van der Waals surface area contributed by atoms with Crippen molar-refractivity contribution in [2.45, 2.75) is 38.9 Å². The van der Waals surface area contributed by atoms with Gasteiger partial charge in [0.2, 0.25) is 17.5 Å². The van der Waals surface area contributed by atoms with Gasteiger partial charge in [0.1, 0.15) is 18.0 Å². The van der Waals surface area contributed by atoms with Crippen molar-refractivity contribution >= 4 is 46.3 Å². The smallest absolute Gasteiger partial charge is 0.416 e. The van der Waals surface area contributed by atoms with Crippen molar-refractivity contribution in [3.8, 4) is 5.75 Å². The van der Waals surface area contributed by atoms with Crippen LogP contribution in [0.3, 0.4) is 0 Å². The van der Waals surface area contributed by atoms with Gasteiger partial charge in [-0.25, -0.2) is 4.98 Å². The molecule has 2 N–H and O–H groups in total. The van der Waals surface area contributed by atoms with Crippen LogP contribution < -0.4 is 15.8 Å². The summed E-state index contributed by atoms with van der Waals surface area (Å²) in [5.41, 5.74) is -0.819. The molecule has 17 heteroatoms. The van der Waals surface area contributed by atoms with E-state index < -0.39 is 29.1 Å². The molecule has 4 aromatic rings. The Morgan fingerprint density at radius 3 is 2.56 bits per heavy atom. The molecule has 13 nitrogen and oxygen atoms in total. The monoisotopic (exact) mass is 686 g/mol. The van der Waals surface area contributed by atoms with Gasteiger partial charge in [-0.1, -0.05) is 18.5 Å². The van der Waals surface area contributed by atoms with E-state index in [4.69, 9.17) is 16.3 Å². The molecular formula is C31H30ClF3N8O5. The molecule has 252 valence electrons. The van der Waals surface area contributed by atoms with E-state index in [0.29, 0.717) is 18.1 Å². The highest BCUT2D eigenvalue weighted by molar-refractivity contribution is 6.33. The number of hydrogen-bond donors (Lipinski definition) is 2. The van der Waals surface area contributed by atoms with Gasteiger partial charge >= 0.3 is 6.18 Å². The number of hydrogen-bond acceptors (Lipinski definition) is 9. The molecule has 0 unspecified atom stereocenters. The number of nitrogens with one attached hydrogen (secondary N) is 1. The number of alkyl halides is 3. The summed E-state index contributed by atoms with van der Waals surface area (Å²) in [5, 5.41) is 16.8. The molecule has 6 rings (SSSR count). The van der Waals surface area contributed by atoms with Crippen LogP contribution in [0.2, 0.25) is 5.02 Å². The summed E-state index contributed by atoms with van der Waals surface area (Å²) < 4.78 is 47.8. The second-order valence-electron chi connectivity index (χ2n) is 11.1. The number of piperazine rings is 1. The normalized spacial score (nSPS) is 15.3. The van der Waals surface area contributed by atoms with E-state index in [1.165, 1.54) is 27.8 Å². The third-order valence-electron chi connectivity index (χ3n) is 8.06. The highest BCUT2D eigenvalue weighted by atomic mass is 35.5. The molecule has 0 atom stereocenters. The van der Waals surface area contributed by atoms with Gasteiger partial charge in [0, 0.05) is 32.4 Å². The number of aromatic nitrogens is 5. The molecule has 1 fully saturated rings. The number of benzene rings is 1. The quantitative estimate of drug-likeness (QED) is 0.295. The molecule has 5 heterocycles. The van der Waals surface area contributed by atoms with E-state index in [-0.39, 0.29) is 78.6 Å². The van der Waals surface area contributed by atoms with Crippen LogP contribution in [-0.4, -0.2) is 78.8 Å². The number of nitrogens with zero attached hydrogens (tertiary/aromatic N) is 7. The number of carbonyl (C=O) groups is 2. The first kappa shape index (κ1) is 32.8. The molecule has 0 aliphatic carbocycles. The highest BCUT2D eigenvalue weighted by Gasteiger charge is 2.32. The zero-order valence-corrected chi connectivity index (χ0v) is 26.4. The van der Waals surface area contributed by atoms with E-state index in [1.54, 1.807) is 0 Å². The number of fused-ring (bicyclic) bond motifs is 1. The first-order chi connectivity index (χ1) is 23.0. The van der Waals surface area contributed by atoms with Crippen molar-refractivity contribution in [2.24, 2.45) is 0 Å². The fourth-order valence-electron chi connectivity index (χ4n) is 5.72. The highest BCUT2D eigenvalue weighted by Crippen LogP contribution is 2.34. The van der Waals surface area contributed by atoms with Crippen molar-refractivity contribution in [2.75, 3.05) is 43.0 Å². The number of pyridine rings is 1. The molecule has 0 bridgehead atoms. The molecule has 2 aliphatic heterocycles. The summed E-state index contributed by atoms with van der Waals surface area (Å²) in [6, 6.07) is 5.51. The zero-order chi connectivity index (χ0) is 34.2. The fourth-order valence-corrected chi connectivity index (χ4v) is 5.95. The van der Waals surface area contributed by atoms with Crippen molar-refractivity contribution in [1.82, 2.24) is 29.0 Å². The summed E-state index contributed by atoms with van der Waals surface area (Å²) in [6.07, 6.45) is 0.464. The van der Waals surface area contributed by atoms with Crippen molar-refractivity contribution in [3.63, 3.8) is 0 Å². The summed E-state index contributed by atoms with van der Waals surface area (Å²) in [5.74, 6) is -0.680. The number of allylic oxidation sites excluding steroid dienone is 1. The maximum atomic E-state index is 14.1. The molecule has 0 spiro atoms. The lowest BCUT2D eigenvalue weighted by atomic mass is 10.2. The van der Waals surface area contributed by atoms with E-state index in [9.17, 15) is 32.7 Å². The SMILES string of the molecule is CCc1c(N2CCN(C(=O)c3ncccc3O)CC2)c(=O)n2nc(C3=CCCCO3)nc2n1CC(=O)Nc1ccc(C(F)(F)F)cc1Cl. The first-order valence-corrected chi connectivity index (χ1v) is 15.5. The summed E-state index contributed by atoms with van der Waals surface area (Å²) >= 11 is 6.09. The minimum atomic E-state index is -4.61. The minimum Gasteiger partial charge on any atom is -0.505 e. The van der Waals surface area contributed by atoms with Gasteiger partial charge in [-0.3, -0.25) is 14.4 Å². The van der Waals surface area contributed by atoms with Gasteiger partial charge in [-0.05, 0) is 55.7 Å². The molecule has 3 aromatic heterocycles. The van der Waals surface area contributed by atoms with E-state index >= 15 is 0 Å². The Labute approximate surface area is 276 Å². The van der Waals surface area contributed by atoms with Gasteiger partial charge < -0.3 is 29.5 Å².